The normalized spacial score (nSPS) is 11.6. The molecule has 11 aromatic rings. The smallest absolute Gasteiger partial charge is 0.164 e. The van der Waals surface area contributed by atoms with E-state index in [-0.39, 0.29) is 0 Å². The molecular weight excluding hydrogens is 703 g/mol. The summed E-state index contributed by atoms with van der Waals surface area (Å²) in [7, 11) is 0. The van der Waals surface area contributed by atoms with E-state index in [1.54, 1.807) is 0 Å². The van der Waals surface area contributed by atoms with Gasteiger partial charge in [-0.3, -0.25) is 0 Å². The van der Waals surface area contributed by atoms with Crippen LogP contribution in [0, 0.1) is 0 Å². The molecule has 3 aromatic heterocycles. The third-order valence-corrected chi connectivity index (χ3v) is 11.8. The Hall–Kier alpha value is -7.21. The molecule has 0 aliphatic rings. The monoisotopic (exact) mass is 733 g/mol. The van der Waals surface area contributed by atoms with E-state index in [1.165, 1.54) is 31.3 Å². The van der Waals surface area contributed by atoms with Crippen molar-refractivity contribution in [2.75, 3.05) is 0 Å². The molecule has 8 aromatic carbocycles. The maximum absolute atomic E-state index is 6.63. The van der Waals surface area contributed by atoms with Crippen molar-refractivity contribution in [1.29, 1.82) is 0 Å². The summed E-state index contributed by atoms with van der Waals surface area (Å²) in [5, 5.41) is 4.59. The Bertz CT molecular complexity index is 3260. The largest absolute Gasteiger partial charge is 0.455 e. The summed E-state index contributed by atoms with van der Waals surface area (Å²) >= 11 is 1.85. The lowest BCUT2D eigenvalue weighted by Crippen LogP contribution is -2.01. The third kappa shape index (κ3) is 5.40. The van der Waals surface area contributed by atoms with Crippen molar-refractivity contribution in [3.05, 3.63) is 188 Å². The van der Waals surface area contributed by atoms with Crippen molar-refractivity contribution in [2.45, 2.75) is 0 Å². The Morgan fingerprint density at radius 1 is 0.357 bits per heavy atom. The van der Waals surface area contributed by atoms with Gasteiger partial charge in [0.05, 0.1) is 0 Å². The van der Waals surface area contributed by atoms with Gasteiger partial charge >= 0.3 is 0 Å². The maximum Gasteiger partial charge on any atom is 0.164 e. The topological polar surface area (TPSA) is 51.8 Å². The highest BCUT2D eigenvalue weighted by atomic mass is 32.1. The summed E-state index contributed by atoms with van der Waals surface area (Å²) in [6.07, 6.45) is 0. The number of rotatable bonds is 6. The van der Waals surface area contributed by atoms with Gasteiger partial charge in [-0.1, -0.05) is 170 Å². The number of hydrogen-bond acceptors (Lipinski definition) is 5. The molecule has 56 heavy (non-hydrogen) atoms. The highest BCUT2D eigenvalue weighted by molar-refractivity contribution is 7.26. The minimum atomic E-state index is 0.590. The third-order valence-electron chi connectivity index (χ3n) is 10.6. The van der Waals surface area contributed by atoms with Crippen molar-refractivity contribution in [1.82, 2.24) is 15.0 Å². The van der Waals surface area contributed by atoms with Crippen LogP contribution < -0.4 is 0 Å². The number of para-hydroxylation sites is 1. The van der Waals surface area contributed by atoms with Crippen LogP contribution in [-0.4, -0.2) is 15.0 Å². The molecule has 0 spiro atoms. The second kappa shape index (κ2) is 13.3. The quantitative estimate of drug-likeness (QED) is 0.171. The summed E-state index contributed by atoms with van der Waals surface area (Å²) < 4.78 is 9.22. The van der Waals surface area contributed by atoms with Crippen LogP contribution in [0.25, 0.3) is 110 Å². The lowest BCUT2D eigenvalue weighted by molar-refractivity contribution is 0.670. The van der Waals surface area contributed by atoms with Gasteiger partial charge in [-0.2, -0.15) is 0 Å². The Kier molecular flexibility index (Phi) is 7.64. The molecule has 0 unspecified atom stereocenters. The van der Waals surface area contributed by atoms with E-state index in [2.05, 4.69) is 140 Å². The number of fused-ring (bicyclic) bond motifs is 6. The SMILES string of the molecule is c1ccc(-c2nc(-c3ccccc3-c3cccc(-c4cccc5c4sc4ccccc45)c3)nc(-c3cccc4oc5c(-c6ccccc6)cccc5c34)n2)cc1. The molecule has 0 aliphatic carbocycles. The molecule has 4 nitrogen and oxygen atoms in total. The predicted molar refractivity (Wildman–Crippen MR) is 233 cm³/mol. The zero-order valence-electron chi connectivity index (χ0n) is 30.1. The van der Waals surface area contributed by atoms with Gasteiger partial charge < -0.3 is 4.42 Å². The molecule has 0 bridgehead atoms. The van der Waals surface area contributed by atoms with E-state index in [4.69, 9.17) is 19.4 Å². The first kappa shape index (κ1) is 32.2. The van der Waals surface area contributed by atoms with Gasteiger partial charge in [0.25, 0.3) is 0 Å². The second-order valence-corrected chi connectivity index (χ2v) is 15.0. The molecule has 262 valence electrons. The Labute approximate surface area is 327 Å². The van der Waals surface area contributed by atoms with E-state index >= 15 is 0 Å². The summed E-state index contributed by atoms with van der Waals surface area (Å²) in [5.74, 6) is 1.81. The lowest BCUT2D eigenvalue weighted by Gasteiger charge is -2.13. The number of nitrogens with zero attached hydrogens (tertiary/aromatic N) is 3. The fraction of sp³-hybridized carbons (Fsp3) is 0. The molecule has 11 rings (SSSR count). The minimum Gasteiger partial charge on any atom is -0.455 e. The van der Waals surface area contributed by atoms with Gasteiger partial charge in [-0.15, -0.1) is 11.3 Å². The predicted octanol–water partition coefficient (Wildman–Crippen LogP) is 14.1. The van der Waals surface area contributed by atoms with Gasteiger partial charge in [0.2, 0.25) is 0 Å². The van der Waals surface area contributed by atoms with Crippen molar-refractivity contribution in [2.24, 2.45) is 0 Å². The molecule has 0 N–H and O–H groups in total. The number of furan rings is 1. The first-order valence-corrected chi connectivity index (χ1v) is 19.5. The van der Waals surface area contributed by atoms with Crippen LogP contribution in [0.1, 0.15) is 0 Å². The van der Waals surface area contributed by atoms with Gasteiger partial charge in [0.15, 0.2) is 17.5 Å². The molecule has 0 saturated carbocycles. The average molecular weight is 734 g/mol. The Balaban J connectivity index is 1.09. The molecule has 0 saturated heterocycles. The zero-order valence-corrected chi connectivity index (χ0v) is 30.9. The van der Waals surface area contributed by atoms with Crippen LogP contribution in [-0.2, 0) is 0 Å². The van der Waals surface area contributed by atoms with E-state index in [0.717, 1.165) is 60.9 Å². The fourth-order valence-electron chi connectivity index (χ4n) is 7.97. The second-order valence-electron chi connectivity index (χ2n) is 13.9. The fourth-order valence-corrected chi connectivity index (χ4v) is 9.21. The van der Waals surface area contributed by atoms with Crippen LogP contribution in [0.3, 0.4) is 0 Å². The van der Waals surface area contributed by atoms with Crippen LogP contribution >= 0.6 is 11.3 Å². The van der Waals surface area contributed by atoms with Crippen LogP contribution in [0.5, 0.6) is 0 Å². The molecule has 5 heteroatoms. The molecular formula is C51H31N3OS. The highest BCUT2D eigenvalue weighted by Crippen LogP contribution is 2.43. The van der Waals surface area contributed by atoms with Gasteiger partial charge in [0, 0.05) is 53.2 Å². The van der Waals surface area contributed by atoms with Crippen molar-refractivity contribution in [3.8, 4) is 67.5 Å². The van der Waals surface area contributed by atoms with Gasteiger partial charge in [0.1, 0.15) is 11.2 Å². The zero-order chi connectivity index (χ0) is 37.0. The summed E-state index contributed by atoms with van der Waals surface area (Å²) in [6, 6.07) is 65.5. The Morgan fingerprint density at radius 2 is 0.893 bits per heavy atom. The van der Waals surface area contributed by atoms with E-state index in [0.29, 0.717) is 17.5 Å². The standard InChI is InChI=1S/C51H31N3OS/c1-3-15-32(16-4-1)37-24-12-27-42-46-43(28-14-29-44(46)55-47(37)42)51-53-49(33-17-5-2-6-18-33)52-50(54-51)41-23-8-7-21-36(41)34-19-11-20-35(31-34)38-25-13-26-40-39-22-9-10-30-45(39)56-48(38)40/h1-31H. The molecule has 0 fully saturated rings. The minimum absolute atomic E-state index is 0.590. The summed E-state index contributed by atoms with van der Waals surface area (Å²) in [4.78, 5) is 15.6. The number of thiophene rings is 1. The first-order valence-electron chi connectivity index (χ1n) is 18.7. The first-order chi connectivity index (χ1) is 27.8. The molecule has 0 aliphatic heterocycles. The average Bonchev–Trinajstić information content (AvgIpc) is 3.86. The number of aromatic nitrogens is 3. The van der Waals surface area contributed by atoms with Crippen LogP contribution in [0.4, 0.5) is 0 Å². The van der Waals surface area contributed by atoms with E-state index in [9.17, 15) is 0 Å². The lowest BCUT2D eigenvalue weighted by atomic mass is 9.95. The Morgan fingerprint density at radius 3 is 1.71 bits per heavy atom. The van der Waals surface area contributed by atoms with Crippen molar-refractivity contribution >= 4 is 53.4 Å². The van der Waals surface area contributed by atoms with Crippen molar-refractivity contribution < 1.29 is 4.42 Å². The maximum atomic E-state index is 6.63. The van der Waals surface area contributed by atoms with Gasteiger partial charge in [-0.05, 0) is 46.0 Å². The summed E-state index contributed by atoms with van der Waals surface area (Å²) in [5.41, 5.74) is 11.1. The molecule has 0 amide bonds. The molecule has 3 heterocycles. The van der Waals surface area contributed by atoms with E-state index < -0.39 is 0 Å². The van der Waals surface area contributed by atoms with Gasteiger partial charge in [-0.25, -0.2) is 15.0 Å². The highest BCUT2D eigenvalue weighted by Gasteiger charge is 2.21. The van der Waals surface area contributed by atoms with Crippen LogP contribution in [0.15, 0.2) is 192 Å². The number of benzene rings is 8. The molecule has 0 radical (unpaired) electrons. The van der Waals surface area contributed by atoms with E-state index in [1.807, 2.05) is 59.9 Å². The van der Waals surface area contributed by atoms with Crippen molar-refractivity contribution in [3.63, 3.8) is 0 Å². The summed E-state index contributed by atoms with van der Waals surface area (Å²) in [6.45, 7) is 0. The molecule has 0 atom stereocenters. The number of hydrogen-bond donors (Lipinski definition) is 0. The van der Waals surface area contributed by atoms with Crippen LogP contribution in [0.2, 0.25) is 0 Å².